The SMILES string of the molecule is CCC[C@H](NC(=O)[C@@H]1[C@@H]2C(CN1C(=O)[C@@H](NC(=O)OCC(C)C)C(C)(C)C)[C@H]1CC[C@@H]2C1)C(=O)C(=O)NCC(=O)NC(C(=O)N(C)C)c1ccccc1. The summed E-state index contributed by atoms with van der Waals surface area (Å²) >= 11 is 0. The van der Waals surface area contributed by atoms with Gasteiger partial charge < -0.3 is 35.8 Å². The topological polar surface area (TPSA) is 183 Å². The Labute approximate surface area is 312 Å². The number of carbonyl (C=O) groups excluding carboxylic acids is 7. The van der Waals surface area contributed by atoms with E-state index in [4.69, 9.17) is 4.74 Å². The summed E-state index contributed by atoms with van der Waals surface area (Å²) in [5.41, 5.74) is -0.155. The van der Waals surface area contributed by atoms with Crippen molar-refractivity contribution in [2.45, 2.75) is 97.8 Å². The van der Waals surface area contributed by atoms with Crippen molar-refractivity contribution < 1.29 is 38.3 Å². The summed E-state index contributed by atoms with van der Waals surface area (Å²) in [5, 5.41) is 10.5. The first kappa shape index (κ1) is 41.3. The molecule has 2 bridgehead atoms. The Morgan fingerprint density at radius 2 is 1.60 bits per heavy atom. The quantitative estimate of drug-likeness (QED) is 0.198. The van der Waals surface area contributed by atoms with Crippen molar-refractivity contribution in [3.63, 3.8) is 0 Å². The van der Waals surface area contributed by atoms with E-state index in [0.29, 0.717) is 24.4 Å². The number of hydrogen-bond acceptors (Lipinski definition) is 8. The highest BCUT2D eigenvalue weighted by Crippen LogP contribution is 2.57. The van der Waals surface area contributed by atoms with Gasteiger partial charge in [0, 0.05) is 20.6 Å². The number of nitrogens with zero attached hydrogens (tertiary/aromatic N) is 2. The van der Waals surface area contributed by atoms with Crippen LogP contribution in [0.3, 0.4) is 0 Å². The molecule has 2 aliphatic carbocycles. The second kappa shape index (κ2) is 17.6. The van der Waals surface area contributed by atoms with Gasteiger partial charge in [0.2, 0.25) is 29.4 Å². The zero-order valence-corrected chi connectivity index (χ0v) is 32.4. The first-order chi connectivity index (χ1) is 24.9. The molecule has 4 N–H and O–H groups in total. The lowest BCUT2D eigenvalue weighted by Crippen LogP contribution is -2.60. The zero-order chi connectivity index (χ0) is 39.2. The van der Waals surface area contributed by atoms with E-state index in [9.17, 15) is 33.6 Å². The minimum absolute atomic E-state index is 0.106. The molecule has 1 heterocycles. The van der Waals surface area contributed by atoms with E-state index in [1.54, 1.807) is 49.3 Å². The molecule has 2 unspecified atom stereocenters. The predicted molar refractivity (Wildman–Crippen MR) is 197 cm³/mol. The van der Waals surface area contributed by atoms with E-state index in [0.717, 1.165) is 19.3 Å². The lowest BCUT2D eigenvalue weighted by molar-refractivity contribution is -0.145. The van der Waals surface area contributed by atoms with Crippen LogP contribution in [0.1, 0.15) is 85.3 Å². The van der Waals surface area contributed by atoms with Gasteiger partial charge in [0.25, 0.3) is 5.91 Å². The summed E-state index contributed by atoms with van der Waals surface area (Å²) in [4.78, 5) is 96.8. The molecule has 0 aromatic heterocycles. The van der Waals surface area contributed by atoms with Crippen LogP contribution in [0.15, 0.2) is 30.3 Å². The number of nitrogens with one attached hydrogen (secondary N) is 4. The maximum Gasteiger partial charge on any atom is 0.407 e. The lowest BCUT2D eigenvalue weighted by Gasteiger charge is -2.37. The van der Waals surface area contributed by atoms with Crippen LogP contribution >= 0.6 is 0 Å². The third kappa shape index (κ3) is 9.94. The van der Waals surface area contributed by atoms with Gasteiger partial charge in [0.1, 0.15) is 18.1 Å². The molecule has 53 heavy (non-hydrogen) atoms. The Kier molecular flexibility index (Phi) is 13.7. The van der Waals surface area contributed by atoms with Gasteiger partial charge in [-0.25, -0.2) is 4.79 Å². The van der Waals surface area contributed by atoms with Crippen LogP contribution < -0.4 is 21.3 Å². The monoisotopic (exact) mass is 738 g/mol. The number of likely N-dealkylation sites (tertiary alicyclic amines) is 1. The Morgan fingerprint density at radius 1 is 0.943 bits per heavy atom. The van der Waals surface area contributed by atoms with Crippen molar-refractivity contribution in [2.75, 3.05) is 33.8 Å². The van der Waals surface area contributed by atoms with Crippen molar-refractivity contribution in [1.82, 2.24) is 31.1 Å². The number of ketones is 1. The fourth-order valence-corrected chi connectivity index (χ4v) is 8.15. The van der Waals surface area contributed by atoms with Gasteiger partial charge in [-0.15, -0.1) is 0 Å². The Bertz CT molecular complexity index is 1530. The normalized spacial score (nSPS) is 23.3. The molecule has 3 fully saturated rings. The van der Waals surface area contributed by atoms with Gasteiger partial charge in [0.05, 0.1) is 19.2 Å². The molecule has 1 aromatic rings. The average Bonchev–Trinajstić information content (AvgIpc) is 3.83. The maximum absolute atomic E-state index is 14.4. The number of Topliss-reactive ketones (excluding diaryl/α,β-unsaturated/α-hetero) is 1. The maximum atomic E-state index is 14.4. The second-order valence-electron chi connectivity index (χ2n) is 16.5. The number of alkyl carbamates (subject to hydrolysis) is 1. The van der Waals surface area contributed by atoms with Gasteiger partial charge in [-0.05, 0) is 66.3 Å². The van der Waals surface area contributed by atoms with Crippen LogP contribution in [0.4, 0.5) is 4.79 Å². The number of benzene rings is 1. The number of fused-ring (bicyclic) bond motifs is 5. The van der Waals surface area contributed by atoms with E-state index in [2.05, 4.69) is 21.3 Å². The number of amides is 6. The molecule has 8 atom stereocenters. The van der Waals surface area contributed by atoms with Crippen molar-refractivity contribution in [3.8, 4) is 0 Å². The largest absolute Gasteiger partial charge is 0.449 e. The van der Waals surface area contributed by atoms with Gasteiger partial charge in [-0.1, -0.05) is 78.3 Å². The number of likely N-dealkylation sites (N-methyl/N-ethyl adjacent to an activating group) is 1. The molecule has 292 valence electrons. The van der Waals surface area contributed by atoms with E-state index >= 15 is 0 Å². The summed E-state index contributed by atoms with van der Waals surface area (Å²) < 4.78 is 5.34. The Balaban J connectivity index is 1.47. The molecule has 2 saturated carbocycles. The molecule has 1 aromatic carbocycles. The van der Waals surface area contributed by atoms with E-state index in [1.807, 2.05) is 41.5 Å². The minimum Gasteiger partial charge on any atom is -0.449 e. The molecule has 6 amide bonds. The molecular weight excluding hydrogens is 680 g/mol. The van der Waals surface area contributed by atoms with E-state index in [1.165, 1.54) is 4.90 Å². The van der Waals surface area contributed by atoms with Crippen molar-refractivity contribution in [2.24, 2.45) is 35.0 Å². The van der Waals surface area contributed by atoms with Gasteiger partial charge in [-0.2, -0.15) is 0 Å². The average molecular weight is 739 g/mol. The molecule has 14 nitrogen and oxygen atoms in total. The standard InChI is InChI=1S/C39H58N6O8/c1-9-13-27(32(47)35(49)40-19-28(46)42-30(36(50)44(7)8)23-14-11-10-12-15-23)41-34(48)31-29-25-17-16-24(18-25)26(29)20-45(31)37(51)33(39(4,5)6)43-38(52)53-21-22(2)3/h10-12,14-15,22,24-27,29-31,33H,9,13,16-21H2,1-8H3,(H,40,49)(H,41,48)(H,42,46)(H,43,52)/t24-,25+,26?,27-,29-,30?,31-,33+/m0/s1. The smallest absolute Gasteiger partial charge is 0.407 e. The van der Waals surface area contributed by atoms with Gasteiger partial charge >= 0.3 is 6.09 Å². The van der Waals surface area contributed by atoms with Crippen LogP contribution in [0.2, 0.25) is 0 Å². The summed E-state index contributed by atoms with van der Waals surface area (Å²) in [7, 11) is 3.13. The number of rotatable bonds is 15. The molecule has 3 aliphatic rings. The molecule has 4 rings (SSSR count). The molecular formula is C39H58N6O8. The number of ether oxygens (including phenoxy) is 1. The minimum atomic E-state index is -1.19. The highest BCUT2D eigenvalue weighted by molar-refractivity contribution is 6.38. The van der Waals surface area contributed by atoms with Crippen molar-refractivity contribution >= 4 is 41.4 Å². The molecule has 1 aliphatic heterocycles. The molecule has 0 spiro atoms. The fourth-order valence-electron chi connectivity index (χ4n) is 8.15. The zero-order valence-electron chi connectivity index (χ0n) is 32.4. The first-order valence-corrected chi connectivity index (χ1v) is 18.9. The van der Waals surface area contributed by atoms with Gasteiger partial charge in [-0.3, -0.25) is 28.8 Å². The summed E-state index contributed by atoms with van der Waals surface area (Å²) in [6.45, 7) is 11.1. The van der Waals surface area contributed by atoms with Crippen LogP contribution in [-0.2, 0) is 33.5 Å². The van der Waals surface area contributed by atoms with E-state index in [-0.39, 0.29) is 42.6 Å². The van der Waals surface area contributed by atoms with Crippen LogP contribution in [-0.4, -0.2) is 103 Å². The highest BCUT2D eigenvalue weighted by atomic mass is 16.5. The number of hydrogen-bond donors (Lipinski definition) is 4. The second-order valence-corrected chi connectivity index (χ2v) is 16.5. The van der Waals surface area contributed by atoms with Crippen LogP contribution in [0.5, 0.6) is 0 Å². The first-order valence-electron chi connectivity index (χ1n) is 18.9. The van der Waals surface area contributed by atoms with Gasteiger partial charge in [0.15, 0.2) is 0 Å². The Morgan fingerprint density at radius 3 is 2.21 bits per heavy atom. The summed E-state index contributed by atoms with van der Waals surface area (Å²) in [6.07, 6.45) is 2.88. The molecule has 1 saturated heterocycles. The van der Waals surface area contributed by atoms with Crippen molar-refractivity contribution in [1.29, 1.82) is 0 Å². The molecule has 0 radical (unpaired) electrons. The summed E-state index contributed by atoms with van der Waals surface area (Å²) in [5.74, 6) is -3.18. The van der Waals surface area contributed by atoms with E-state index < -0.39 is 71.6 Å². The third-order valence-corrected chi connectivity index (χ3v) is 10.7. The predicted octanol–water partition coefficient (Wildman–Crippen LogP) is 2.57. The summed E-state index contributed by atoms with van der Waals surface area (Å²) in [6, 6.07) is 4.61. The highest BCUT2D eigenvalue weighted by Gasteiger charge is 2.60. The Hall–Kier alpha value is -4.49. The fraction of sp³-hybridized carbons (Fsp3) is 0.667. The van der Waals surface area contributed by atoms with Crippen LogP contribution in [0, 0.1) is 35.0 Å². The lowest BCUT2D eigenvalue weighted by atomic mass is 9.78. The third-order valence-electron chi connectivity index (χ3n) is 10.7. The molecule has 14 heteroatoms. The van der Waals surface area contributed by atoms with Crippen molar-refractivity contribution in [3.05, 3.63) is 35.9 Å². The number of carbonyl (C=O) groups is 7. The van der Waals surface area contributed by atoms with Crippen LogP contribution in [0.25, 0.3) is 0 Å².